The molecule has 1 aliphatic carbocycles. The average molecular weight is 311 g/mol. The van der Waals surface area contributed by atoms with Gasteiger partial charge in [-0.1, -0.05) is 43.4 Å². The lowest BCUT2D eigenvalue weighted by molar-refractivity contribution is -0.0184. The van der Waals surface area contributed by atoms with Crippen molar-refractivity contribution < 1.29 is 5.11 Å². The van der Waals surface area contributed by atoms with Gasteiger partial charge in [-0.2, -0.15) is 0 Å². The molecule has 1 aromatic carbocycles. The molecule has 3 rings (SSSR count). The molecule has 1 aromatic heterocycles. The molecule has 1 atom stereocenters. The Labute approximate surface area is 136 Å². The lowest BCUT2D eigenvalue weighted by Crippen LogP contribution is -2.32. The molecule has 114 valence electrons. The van der Waals surface area contributed by atoms with Gasteiger partial charge in [0, 0.05) is 11.8 Å². The summed E-state index contributed by atoms with van der Waals surface area (Å²) in [6.45, 7) is 1.94. The molecular formula is C19H21NOS. The Morgan fingerprint density at radius 2 is 1.86 bits per heavy atom. The molecule has 0 radical (unpaired) electrons. The quantitative estimate of drug-likeness (QED) is 0.837. The minimum Gasteiger partial charge on any atom is -0.384 e. The molecule has 0 bridgehead atoms. The van der Waals surface area contributed by atoms with Crippen LogP contribution >= 0.6 is 11.3 Å². The number of aliphatic hydroxyl groups is 1. The summed E-state index contributed by atoms with van der Waals surface area (Å²) in [7, 11) is 0. The summed E-state index contributed by atoms with van der Waals surface area (Å²) in [6.07, 6.45) is 7.75. The summed E-state index contributed by atoms with van der Waals surface area (Å²) in [6, 6.07) is 9.91. The van der Waals surface area contributed by atoms with Crippen molar-refractivity contribution in [1.29, 1.82) is 0 Å². The fourth-order valence-electron chi connectivity index (χ4n) is 3.08. The van der Waals surface area contributed by atoms with Crippen molar-refractivity contribution in [3.63, 3.8) is 0 Å². The molecule has 1 N–H and O–H groups in total. The van der Waals surface area contributed by atoms with Crippen molar-refractivity contribution in [3.05, 3.63) is 52.0 Å². The third kappa shape index (κ3) is 3.40. The van der Waals surface area contributed by atoms with Crippen molar-refractivity contribution in [3.8, 4) is 11.8 Å². The SMILES string of the molecule is CC(O)(c1cnc(C#Cc2ccccc2)s1)C1CCCCC1. The molecule has 1 aliphatic rings. The fourth-order valence-corrected chi connectivity index (χ4v) is 3.97. The van der Waals surface area contributed by atoms with Gasteiger partial charge in [-0.15, -0.1) is 11.3 Å². The molecule has 0 amide bonds. The van der Waals surface area contributed by atoms with E-state index in [4.69, 9.17) is 0 Å². The van der Waals surface area contributed by atoms with Crippen LogP contribution in [0.2, 0.25) is 0 Å². The number of rotatable bonds is 2. The first-order chi connectivity index (χ1) is 10.7. The van der Waals surface area contributed by atoms with Crippen LogP contribution in [0, 0.1) is 17.8 Å². The van der Waals surface area contributed by atoms with E-state index in [1.807, 2.05) is 37.3 Å². The molecule has 1 heterocycles. The third-order valence-corrected chi connectivity index (χ3v) is 5.63. The van der Waals surface area contributed by atoms with Gasteiger partial charge in [0.2, 0.25) is 0 Å². The second-order valence-electron chi connectivity index (χ2n) is 6.13. The van der Waals surface area contributed by atoms with Gasteiger partial charge >= 0.3 is 0 Å². The van der Waals surface area contributed by atoms with Crippen LogP contribution in [0.25, 0.3) is 0 Å². The zero-order valence-corrected chi connectivity index (χ0v) is 13.7. The first-order valence-electron chi connectivity index (χ1n) is 7.92. The van der Waals surface area contributed by atoms with Crippen LogP contribution in [0.15, 0.2) is 36.5 Å². The third-order valence-electron chi connectivity index (χ3n) is 4.49. The molecule has 1 fully saturated rings. The number of aromatic nitrogens is 1. The Hall–Kier alpha value is -1.63. The van der Waals surface area contributed by atoms with E-state index in [-0.39, 0.29) is 0 Å². The minimum atomic E-state index is -0.773. The largest absolute Gasteiger partial charge is 0.384 e. The molecule has 3 heteroatoms. The normalized spacial score (nSPS) is 18.3. The van der Waals surface area contributed by atoms with Gasteiger partial charge in [-0.25, -0.2) is 4.98 Å². The summed E-state index contributed by atoms with van der Waals surface area (Å²) in [4.78, 5) is 5.32. The summed E-state index contributed by atoms with van der Waals surface area (Å²) in [5.41, 5.74) is 0.211. The van der Waals surface area contributed by atoms with Crippen molar-refractivity contribution in [2.75, 3.05) is 0 Å². The Bertz CT molecular complexity index is 672. The van der Waals surface area contributed by atoms with Crippen LogP contribution in [0.1, 0.15) is 54.5 Å². The second kappa shape index (κ2) is 6.64. The van der Waals surface area contributed by atoms with Gasteiger partial charge in [0.05, 0.1) is 4.88 Å². The molecule has 0 spiro atoms. The van der Waals surface area contributed by atoms with E-state index >= 15 is 0 Å². The number of benzene rings is 1. The average Bonchev–Trinajstić information content (AvgIpc) is 3.04. The van der Waals surface area contributed by atoms with Crippen molar-refractivity contribution in [2.24, 2.45) is 5.92 Å². The Kier molecular flexibility index (Phi) is 4.61. The molecule has 1 saturated carbocycles. The maximum Gasteiger partial charge on any atom is 0.167 e. The standard InChI is InChI=1S/C19H21NOS/c1-19(21,16-10-6-3-7-11-16)17-14-20-18(22-17)13-12-15-8-4-2-5-9-15/h2,4-5,8-9,14,16,21H,3,6-7,10-11H2,1H3. The lowest BCUT2D eigenvalue weighted by Gasteiger charge is -2.34. The second-order valence-corrected chi connectivity index (χ2v) is 7.16. The van der Waals surface area contributed by atoms with Gasteiger partial charge in [0.15, 0.2) is 5.01 Å². The summed E-state index contributed by atoms with van der Waals surface area (Å²) >= 11 is 1.52. The summed E-state index contributed by atoms with van der Waals surface area (Å²) in [5.74, 6) is 6.57. The number of nitrogens with zero attached hydrogens (tertiary/aromatic N) is 1. The maximum atomic E-state index is 10.9. The first kappa shape index (κ1) is 15.3. The van der Waals surface area contributed by atoms with Crippen molar-refractivity contribution in [2.45, 2.75) is 44.6 Å². The molecule has 1 unspecified atom stereocenters. The molecule has 2 nitrogen and oxygen atoms in total. The van der Waals surface area contributed by atoms with Crippen molar-refractivity contribution in [1.82, 2.24) is 4.98 Å². The summed E-state index contributed by atoms with van der Waals surface area (Å²) in [5, 5.41) is 11.7. The predicted octanol–water partition coefficient (Wildman–Crippen LogP) is 4.33. The van der Waals surface area contributed by atoms with Gasteiger partial charge in [-0.3, -0.25) is 0 Å². The maximum absolute atomic E-state index is 10.9. The molecule has 2 aromatic rings. The van der Waals surface area contributed by atoms with E-state index in [1.54, 1.807) is 6.20 Å². The minimum absolute atomic E-state index is 0.344. The van der Waals surface area contributed by atoms with Crippen LogP contribution in [0.3, 0.4) is 0 Å². The zero-order valence-electron chi connectivity index (χ0n) is 12.9. The van der Waals surface area contributed by atoms with Crippen LogP contribution in [-0.4, -0.2) is 10.1 Å². The topological polar surface area (TPSA) is 33.1 Å². The lowest BCUT2D eigenvalue weighted by atomic mass is 9.77. The zero-order chi connectivity index (χ0) is 15.4. The van der Waals surface area contributed by atoms with E-state index < -0.39 is 5.60 Å². The highest BCUT2D eigenvalue weighted by Gasteiger charge is 2.35. The summed E-state index contributed by atoms with van der Waals surface area (Å²) < 4.78 is 0. The smallest absolute Gasteiger partial charge is 0.167 e. The molecular weight excluding hydrogens is 290 g/mol. The van der Waals surface area contributed by atoms with Crippen LogP contribution in [0.5, 0.6) is 0 Å². The Morgan fingerprint density at radius 1 is 1.14 bits per heavy atom. The van der Waals surface area contributed by atoms with E-state index in [9.17, 15) is 5.11 Å². The Balaban J connectivity index is 1.77. The van der Waals surface area contributed by atoms with Gasteiger partial charge in [0.25, 0.3) is 0 Å². The van der Waals surface area contributed by atoms with Crippen LogP contribution in [-0.2, 0) is 5.60 Å². The highest BCUT2D eigenvalue weighted by Crippen LogP contribution is 2.40. The molecule has 0 aliphatic heterocycles. The van der Waals surface area contributed by atoms with Gasteiger partial charge in [0.1, 0.15) is 5.60 Å². The number of hydrogen-bond acceptors (Lipinski definition) is 3. The fraction of sp³-hybridized carbons (Fsp3) is 0.421. The monoisotopic (exact) mass is 311 g/mol. The molecule has 22 heavy (non-hydrogen) atoms. The van der Waals surface area contributed by atoms with E-state index in [2.05, 4.69) is 16.8 Å². The molecule has 0 saturated heterocycles. The highest BCUT2D eigenvalue weighted by atomic mass is 32.1. The predicted molar refractivity (Wildman–Crippen MR) is 90.7 cm³/mol. The van der Waals surface area contributed by atoms with Crippen molar-refractivity contribution >= 4 is 11.3 Å². The Morgan fingerprint density at radius 3 is 2.59 bits per heavy atom. The number of hydrogen-bond donors (Lipinski definition) is 1. The van der Waals surface area contributed by atoms with Gasteiger partial charge < -0.3 is 5.11 Å². The van der Waals surface area contributed by atoms with Gasteiger partial charge in [-0.05, 0) is 43.7 Å². The van der Waals surface area contributed by atoms with Crippen LogP contribution < -0.4 is 0 Å². The first-order valence-corrected chi connectivity index (χ1v) is 8.73. The highest BCUT2D eigenvalue weighted by molar-refractivity contribution is 7.12. The van der Waals surface area contributed by atoms with E-state index in [1.165, 1.54) is 30.6 Å². The van der Waals surface area contributed by atoms with Crippen LogP contribution in [0.4, 0.5) is 0 Å². The van der Waals surface area contributed by atoms with E-state index in [0.29, 0.717) is 5.92 Å². The van der Waals surface area contributed by atoms with E-state index in [0.717, 1.165) is 28.3 Å². The number of thiazole rings is 1.